The second kappa shape index (κ2) is 8.53. The third-order valence-corrected chi connectivity index (χ3v) is 7.79. The van der Waals surface area contributed by atoms with E-state index >= 15 is 0 Å². The molecule has 1 unspecified atom stereocenters. The van der Waals surface area contributed by atoms with E-state index in [0.29, 0.717) is 32.0 Å². The van der Waals surface area contributed by atoms with Crippen molar-refractivity contribution in [2.75, 3.05) is 26.2 Å². The average Bonchev–Trinajstić information content (AvgIpc) is 2.65. The van der Waals surface area contributed by atoms with Crippen LogP contribution in [0, 0.1) is 5.92 Å². The maximum absolute atomic E-state index is 13.1. The summed E-state index contributed by atoms with van der Waals surface area (Å²) in [4.78, 5) is 14.3. The average molecular weight is 483 g/mol. The second-order valence-electron chi connectivity index (χ2n) is 8.72. The first-order valence-corrected chi connectivity index (χ1v) is 11.9. The summed E-state index contributed by atoms with van der Waals surface area (Å²) in [6, 6.07) is 2.57. The van der Waals surface area contributed by atoms with Crippen molar-refractivity contribution in [2.45, 2.75) is 56.4 Å². The van der Waals surface area contributed by atoms with Crippen molar-refractivity contribution in [1.29, 1.82) is 0 Å². The number of sulfonamides is 1. The Morgan fingerprint density at radius 1 is 1.23 bits per heavy atom. The van der Waals surface area contributed by atoms with E-state index in [0.717, 1.165) is 16.4 Å². The van der Waals surface area contributed by atoms with E-state index in [1.807, 2.05) is 20.8 Å². The highest BCUT2D eigenvalue weighted by Gasteiger charge is 2.39. The van der Waals surface area contributed by atoms with Crippen LogP contribution in [0.2, 0.25) is 5.02 Å². The zero-order valence-electron chi connectivity index (χ0n) is 17.6. The topological polar surface area (TPSA) is 66.9 Å². The molecule has 0 aromatic heterocycles. The molecule has 2 saturated heterocycles. The van der Waals surface area contributed by atoms with Gasteiger partial charge in [-0.25, -0.2) is 8.42 Å². The predicted octanol–water partition coefficient (Wildman–Crippen LogP) is 3.79. The number of carbonyl (C=O) groups excluding carboxylic acids is 1. The zero-order valence-corrected chi connectivity index (χ0v) is 19.1. The maximum Gasteiger partial charge on any atom is 0.417 e. The van der Waals surface area contributed by atoms with Crippen LogP contribution in [0.4, 0.5) is 13.2 Å². The Balaban J connectivity index is 1.70. The van der Waals surface area contributed by atoms with Gasteiger partial charge < -0.3 is 9.64 Å². The highest BCUT2D eigenvalue weighted by atomic mass is 35.5. The summed E-state index contributed by atoms with van der Waals surface area (Å²) in [5, 5.41) is -0.557. The molecule has 11 heteroatoms. The van der Waals surface area contributed by atoms with Gasteiger partial charge in [0.2, 0.25) is 15.9 Å². The van der Waals surface area contributed by atoms with Gasteiger partial charge in [-0.05, 0) is 51.8 Å². The maximum atomic E-state index is 13.1. The van der Waals surface area contributed by atoms with Gasteiger partial charge in [-0.3, -0.25) is 4.79 Å². The molecule has 0 spiro atoms. The first kappa shape index (κ1) is 24.3. The van der Waals surface area contributed by atoms with Gasteiger partial charge in [0.1, 0.15) is 0 Å². The summed E-state index contributed by atoms with van der Waals surface area (Å²) in [7, 11) is -4.13. The molecule has 0 N–H and O–H groups in total. The molecule has 2 aliphatic heterocycles. The van der Waals surface area contributed by atoms with Crippen LogP contribution in [0.3, 0.4) is 0 Å². The van der Waals surface area contributed by atoms with Crippen molar-refractivity contribution in [3.63, 3.8) is 0 Å². The lowest BCUT2D eigenvalue weighted by atomic mass is 9.95. The van der Waals surface area contributed by atoms with Crippen molar-refractivity contribution >= 4 is 27.5 Å². The molecule has 6 nitrogen and oxygen atoms in total. The van der Waals surface area contributed by atoms with Gasteiger partial charge in [0.05, 0.1) is 27.2 Å². The van der Waals surface area contributed by atoms with Gasteiger partial charge in [-0.15, -0.1) is 0 Å². The quantitative estimate of drug-likeness (QED) is 0.657. The van der Waals surface area contributed by atoms with Crippen LogP contribution < -0.4 is 0 Å². The highest BCUT2D eigenvalue weighted by molar-refractivity contribution is 7.89. The normalized spacial score (nSPS) is 23.7. The molecule has 1 aromatic carbocycles. The van der Waals surface area contributed by atoms with Crippen LogP contribution in [0.1, 0.15) is 39.2 Å². The molecule has 0 bridgehead atoms. The summed E-state index contributed by atoms with van der Waals surface area (Å²) in [6.45, 7) is 6.79. The summed E-state index contributed by atoms with van der Waals surface area (Å²) < 4.78 is 72.1. The Labute approximate surface area is 185 Å². The van der Waals surface area contributed by atoms with E-state index in [9.17, 15) is 26.4 Å². The summed E-state index contributed by atoms with van der Waals surface area (Å²) in [5.74, 6) is -0.366. The molecule has 2 fully saturated rings. The van der Waals surface area contributed by atoms with Gasteiger partial charge in [0.15, 0.2) is 0 Å². The Bertz CT molecular complexity index is 944. The lowest BCUT2D eigenvalue weighted by Gasteiger charge is -2.43. The minimum atomic E-state index is -4.76. The van der Waals surface area contributed by atoms with E-state index in [-0.39, 0.29) is 31.0 Å². The minimum Gasteiger partial charge on any atom is -0.369 e. The fourth-order valence-electron chi connectivity index (χ4n) is 4.25. The summed E-state index contributed by atoms with van der Waals surface area (Å²) >= 11 is 5.60. The number of amides is 1. The SMILES string of the molecule is CC1CN(C(=O)C2CCN(S(=O)(=O)c3ccc(Cl)c(C(F)(F)F)c3)CC2)CC(C)(C)O1. The number of hydrogen-bond acceptors (Lipinski definition) is 4. The molecule has 1 aromatic rings. The third-order valence-electron chi connectivity index (χ3n) is 5.57. The van der Waals surface area contributed by atoms with Gasteiger partial charge in [-0.2, -0.15) is 17.5 Å². The van der Waals surface area contributed by atoms with Gasteiger partial charge in [0, 0.05) is 32.1 Å². The number of carbonyl (C=O) groups is 1. The number of nitrogens with zero attached hydrogens (tertiary/aromatic N) is 2. The fraction of sp³-hybridized carbons (Fsp3) is 0.650. The molecule has 174 valence electrons. The molecule has 1 amide bonds. The van der Waals surface area contributed by atoms with Crippen LogP contribution in [0.25, 0.3) is 0 Å². The largest absolute Gasteiger partial charge is 0.417 e. The van der Waals surface area contributed by atoms with Gasteiger partial charge >= 0.3 is 6.18 Å². The molecule has 1 atom stereocenters. The number of morpholine rings is 1. The molecule has 0 aliphatic carbocycles. The standard InChI is InChI=1S/C20H26ClF3N2O4S/c1-13-11-25(12-19(2,3)30-13)18(27)14-6-8-26(9-7-14)31(28,29)15-4-5-17(21)16(10-15)20(22,23)24/h4-5,10,13-14H,6-9,11-12H2,1-3H3. The number of piperidine rings is 1. The van der Waals surface area contributed by atoms with E-state index < -0.39 is 37.3 Å². The van der Waals surface area contributed by atoms with Crippen molar-refractivity contribution in [3.05, 3.63) is 28.8 Å². The highest BCUT2D eigenvalue weighted by Crippen LogP contribution is 2.37. The smallest absolute Gasteiger partial charge is 0.369 e. The lowest BCUT2D eigenvalue weighted by Crippen LogP contribution is -2.56. The second-order valence-corrected chi connectivity index (χ2v) is 11.1. The summed E-state index contributed by atoms with van der Waals surface area (Å²) in [6.07, 6.45) is -4.24. The summed E-state index contributed by atoms with van der Waals surface area (Å²) in [5.41, 5.74) is -1.65. The number of hydrogen-bond donors (Lipinski definition) is 0. The van der Waals surface area contributed by atoms with Crippen molar-refractivity contribution < 1.29 is 31.1 Å². The van der Waals surface area contributed by atoms with Gasteiger partial charge in [-0.1, -0.05) is 11.6 Å². The molecule has 0 saturated carbocycles. The number of alkyl halides is 3. The van der Waals surface area contributed by atoms with E-state index in [1.165, 1.54) is 0 Å². The predicted molar refractivity (Wildman–Crippen MR) is 109 cm³/mol. The van der Waals surface area contributed by atoms with Gasteiger partial charge in [0.25, 0.3) is 0 Å². The van der Waals surface area contributed by atoms with E-state index in [2.05, 4.69) is 0 Å². The number of halogens is 4. The Kier molecular flexibility index (Phi) is 6.68. The van der Waals surface area contributed by atoms with Crippen LogP contribution in [-0.2, 0) is 25.7 Å². The lowest BCUT2D eigenvalue weighted by molar-refractivity contribution is -0.162. The van der Waals surface area contributed by atoms with Crippen molar-refractivity contribution in [1.82, 2.24) is 9.21 Å². The van der Waals surface area contributed by atoms with E-state index in [4.69, 9.17) is 16.3 Å². The van der Waals surface area contributed by atoms with E-state index in [1.54, 1.807) is 4.90 Å². The Morgan fingerprint density at radius 2 is 1.84 bits per heavy atom. The molecule has 2 aliphatic rings. The minimum absolute atomic E-state index is 0.0360. The monoisotopic (exact) mass is 482 g/mol. The van der Waals surface area contributed by atoms with Crippen LogP contribution in [0.5, 0.6) is 0 Å². The van der Waals surface area contributed by atoms with Crippen molar-refractivity contribution in [3.8, 4) is 0 Å². The number of rotatable bonds is 3. The first-order chi connectivity index (χ1) is 14.2. The Hall–Kier alpha value is -1.36. The Morgan fingerprint density at radius 3 is 2.39 bits per heavy atom. The molecular formula is C20H26ClF3N2O4S. The van der Waals surface area contributed by atoms with Crippen LogP contribution in [-0.4, -0.2) is 61.4 Å². The molecule has 31 heavy (non-hydrogen) atoms. The van der Waals surface area contributed by atoms with Crippen molar-refractivity contribution in [2.24, 2.45) is 5.92 Å². The third kappa shape index (κ3) is 5.35. The van der Waals surface area contributed by atoms with Crippen LogP contribution in [0.15, 0.2) is 23.1 Å². The number of benzene rings is 1. The zero-order chi connectivity index (χ0) is 23.2. The van der Waals surface area contributed by atoms with Crippen LogP contribution >= 0.6 is 11.6 Å². The number of ether oxygens (including phenoxy) is 1. The molecule has 0 radical (unpaired) electrons. The molecule has 3 rings (SSSR count). The molecule has 2 heterocycles. The first-order valence-electron chi connectivity index (χ1n) is 10.0. The molecular weight excluding hydrogens is 457 g/mol. The fourth-order valence-corrected chi connectivity index (χ4v) is 5.98.